The lowest BCUT2D eigenvalue weighted by Crippen LogP contribution is -2.47. The van der Waals surface area contributed by atoms with Gasteiger partial charge in [-0.3, -0.25) is 0 Å². The zero-order valence-electron chi connectivity index (χ0n) is 10.1. The SMILES string of the molecule is CC1CN(c2ccccc2C(=O)O)C(C)CO1. The van der Waals surface area contributed by atoms with Crippen LogP contribution >= 0.6 is 0 Å². The van der Waals surface area contributed by atoms with Gasteiger partial charge in [0.1, 0.15) is 0 Å². The first-order valence-corrected chi connectivity index (χ1v) is 5.80. The van der Waals surface area contributed by atoms with Crippen LogP contribution in [-0.4, -0.2) is 36.4 Å². The van der Waals surface area contributed by atoms with E-state index >= 15 is 0 Å². The number of anilines is 1. The van der Waals surface area contributed by atoms with Crippen LogP contribution < -0.4 is 4.90 Å². The number of ether oxygens (including phenoxy) is 1. The van der Waals surface area contributed by atoms with Crippen LogP contribution in [0.1, 0.15) is 24.2 Å². The average molecular weight is 235 g/mol. The highest BCUT2D eigenvalue weighted by molar-refractivity contribution is 5.94. The molecular formula is C13H17NO3. The average Bonchev–Trinajstić information content (AvgIpc) is 2.32. The molecule has 0 aromatic heterocycles. The van der Waals surface area contributed by atoms with Gasteiger partial charge in [0.25, 0.3) is 0 Å². The first-order chi connectivity index (χ1) is 8.09. The van der Waals surface area contributed by atoms with E-state index in [-0.39, 0.29) is 12.1 Å². The van der Waals surface area contributed by atoms with Crippen molar-refractivity contribution in [2.45, 2.75) is 26.0 Å². The zero-order chi connectivity index (χ0) is 12.4. The Morgan fingerprint density at radius 1 is 1.41 bits per heavy atom. The van der Waals surface area contributed by atoms with Crippen LogP contribution in [0.15, 0.2) is 24.3 Å². The molecular weight excluding hydrogens is 218 g/mol. The highest BCUT2D eigenvalue weighted by atomic mass is 16.5. The van der Waals surface area contributed by atoms with Crippen molar-refractivity contribution in [3.8, 4) is 0 Å². The van der Waals surface area contributed by atoms with Gasteiger partial charge in [-0.25, -0.2) is 4.79 Å². The fraction of sp³-hybridized carbons (Fsp3) is 0.462. The number of carboxylic acids is 1. The van der Waals surface area contributed by atoms with Gasteiger partial charge in [0.15, 0.2) is 0 Å². The Labute approximate surface area is 101 Å². The van der Waals surface area contributed by atoms with Gasteiger partial charge < -0.3 is 14.7 Å². The lowest BCUT2D eigenvalue weighted by molar-refractivity contribution is 0.0341. The van der Waals surface area contributed by atoms with E-state index in [0.29, 0.717) is 12.2 Å². The lowest BCUT2D eigenvalue weighted by atomic mass is 10.1. The minimum absolute atomic E-state index is 0.132. The summed E-state index contributed by atoms with van der Waals surface area (Å²) in [5, 5.41) is 9.19. The van der Waals surface area contributed by atoms with Crippen LogP contribution in [0.3, 0.4) is 0 Å². The molecule has 1 N–H and O–H groups in total. The quantitative estimate of drug-likeness (QED) is 0.851. The normalized spacial score (nSPS) is 24.7. The molecule has 4 nitrogen and oxygen atoms in total. The molecule has 1 aliphatic rings. The van der Waals surface area contributed by atoms with Crippen molar-refractivity contribution in [2.24, 2.45) is 0 Å². The molecule has 4 heteroatoms. The Kier molecular flexibility index (Phi) is 3.33. The summed E-state index contributed by atoms with van der Waals surface area (Å²) >= 11 is 0. The molecule has 0 aliphatic carbocycles. The first-order valence-electron chi connectivity index (χ1n) is 5.80. The van der Waals surface area contributed by atoms with Gasteiger partial charge in [-0.05, 0) is 26.0 Å². The first kappa shape index (κ1) is 11.9. The minimum Gasteiger partial charge on any atom is -0.478 e. The number of carbonyl (C=O) groups is 1. The molecule has 0 radical (unpaired) electrons. The molecule has 1 aromatic rings. The molecule has 2 atom stereocenters. The van der Waals surface area contributed by atoms with E-state index in [4.69, 9.17) is 4.74 Å². The summed E-state index contributed by atoms with van der Waals surface area (Å²) in [5.74, 6) is -0.882. The molecule has 1 fully saturated rings. The minimum atomic E-state index is -0.882. The van der Waals surface area contributed by atoms with Crippen molar-refractivity contribution in [3.05, 3.63) is 29.8 Å². The van der Waals surface area contributed by atoms with Crippen LogP contribution in [-0.2, 0) is 4.74 Å². The Balaban J connectivity index is 2.35. The van der Waals surface area contributed by atoms with Crippen LogP contribution in [0.2, 0.25) is 0 Å². The monoisotopic (exact) mass is 235 g/mol. The Morgan fingerprint density at radius 3 is 2.82 bits per heavy atom. The van der Waals surface area contributed by atoms with Crippen LogP contribution in [0.25, 0.3) is 0 Å². The van der Waals surface area contributed by atoms with Gasteiger partial charge in [-0.1, -0.05) is 12.1 Å². The van der Waals surface area contributed by atoms with Crippen LogP contribution in [0.4, 0.5) is 5.69 Å². The zero-order valence-corrected chi connectivity index (χ0v) is 10.1. The predicted octanol–water partition coefficient (Wildman–Crippen LogP) is 2.00. The number of hydrogen-bond donors (Lipinski definition) is 1. The second kappa shape index (κ2) is 4.75. The van der Waals surface area contributed by atoms with Crippen molar-refractivity contribution < 1.29 is 14.6 Å². The number of aromatic carboxylic acids is 1. The molecule has 2 rings (SSSR count). The van der Waals surface area contributed by atoms with E-state index < -0.39 is 5.97 Å². The van der Waals surface area contributed by atoms with Crippen LogP contribution in [0.5, 0.6) is 0 Å². The number of morpholine rings is 1. The predicted molar refractivity (Wildman–Crippen MR) is 65.6 cm³/mol. The number of benzene rings is 1. The maximum atomic E-state index is 11.2. The summed E-state index contributed by atoms with van der Waals surface area (Å²) in [6.07, 6.45) is 0.132. The fourth-order valence-corrected chi connectivity index (χ4v) is 2.14. The number of para-hydroxylation sites is 1. The molecule has 0 bridgehead atoms. The third kappa shape index (κ3) is 2.42. The summed E-state index contributed by atoms with van der Waals surface area (Å²) in [5.41, 5.74) is 1.14. The van der Waals surface area contributed by atoms with Gasteiger partial charge in [0.05, 0.1) is 24.0 Å². The van der Waals surface area contributed by atoms with Crippen molar-refractivity contribution in [1.82, 2.24) is 0 Å². The van der Waals surface area contributed by atoms with Gasteiger partial charge in [-0.2, -0.15) is 0 Å². The Bertz CT molecular complexity index is 419. The van der Waals surface area contributed by atoms with Crippen LogP contribution in [0, 0.1) is 0 Å². The molecule has 1 saturated heterocycles. The van der Waals surface area contributed by atoms with Crippen molar-refractivity contribution in [1.29, 1.82) is 0 Å². The third-order valence-corrected chi connectivity index (χ3v) is 3.05. The largest absolute Gasteiger partial charge is 0.478 e. The number of carboxylic acid groups (broad SMARTS) is 1. The topological polar surface area (TPSA) is 49.8 Å². The van der Waals surface area contributed by atoms with Gasteiger partial charge in [0, 0.05) is 12.6 Å². The van der Waals surface area contributed by atoms with Crippen molar-refractivity contribution in [2.75, 3.05) is 18.1 Å². The number of rotatable bonds is 2. The van der Waals surface area contributed by atoms with Gasteiger partial charge in [0.2, 0.25) is 0 Å². The van der Waals surface area contributed by atoms with E-state index in [1.165, 1.54) is 0 Å². The summed E-state index contributed by atoms with van der Waals surface area (Å²) in [6.45, 7) is 5.41. The molecule has 17 heavy (non-hydrogen) atoms. The highest BCUT2D eigenvalue weighted by Crippen LogP contribution is 2.25. The molecule has 1 heterocycles. The summed E-state index contributed by atoms with van der Waals surface area (Å²) in [4.78, 5) is 13.3. The molecule has 2 unspecified atom stereocenters. The van der Waals surface area contributed by atoms with Crippen molar-refractivity contribution >= 4 is 11.7 Å². The second-order valence-corrected chi connectivity index (χ2v) is 4.47. The second-order valence-electron chi connectivity index (χ2n) is 4.47. The standard InChI is InChI=1S/C13H17NO3/c1-9-8-17-10(2)7-14(9)12-6-4-3-5-11(12)13(15)16/h3-6,9-10H,7-8H2,1-2H3,(H,15,16). The van der Waals surface area contributed by atoms with E-state index in [1.807, 2.05) is 26.0 Å². The maximum absolute atomic E-state index is 11.2. The number of hydrogen-bond acceptors (Lipinski definition) is 3. The Morgan fingerprint density at radius 2 is 2.12 bits per heavy atom. The molecule has 1 aromatic carbocycles. The maximum Gasteiger partial charge on any atom is 0.337 e. The molecule has 0 spiro atoms. The molecule has 92 valence electrons. The lowest BCUT2D eigenvalue weighted by Gasteiger charge is -2.39. The third-order valence-electron chi connectivity index (χ3n) is 3.05. The number of nitrogens with zero attached hydrogens (tertiary/aromatic N) is 1. The molecule has 0 saturated carbocycles. The fourth-order valence-electron chi connectivity index (χ4n) is 2.14. The summed E-state index contributed by atoms with van der Waals surface area (Å²) < 4.78 is 5.55. The molecule has 0 amide bonds. The van der Waals surface area contributed by atoms with Crippen molar-refractivity contribution in [3.63, 3.8) is 0 Å². The highest BCUT2D eigenvalue weighted by Gasteiger charge is 2.26. The van der Waals surface area contributed by atoms with E-state index in [9.17, 15) is 9.90 Å². The van der Waals surface area contributed by atoms with E-state index in [0.717, 1.165) is 12.2 Å². The smallest absolute Gasteiger partial charge is 0.337 e. The molecule has 1 aliphatic heterocycles. The van der Waals surface area contributed by atoms with E-state index in [1.54, 1.807) is 12.1 Å². The Hall–Kier alpha value is -1.55. The van der Waals surface area contributed by atoms with Gasteiger partial charge in [-0.15, -0.1) is 0 Å². The van der Waals surface area contributed by atoms with Gasteiger partial charge >= 0.3 is 5.97 Å². The summed E-state index contributed by atoms with van der Waals surface area (Å²) in [6, 6.07) is 7.32. The summed E-state index contributed by atoms with van der Waals surface area (Å²) in [7, 11) is 0. The van der Waals surface area contributed by atoms with E-state index in [2.05, 4.69) is 4.90 Å².